The van der Waals surface area contributed by atoms with Gasteiger partial charge in [-0.05, 0) is 24.3 Å². The van der Waals surface area contributed by atoms with E-state index in [-0.39, 0.29) is 0 Å². The number of benzene rings is 1. The highest BCUT2D eigenvalue weighted by Crippen LogP contribution is 2.26. The SMILES string of the molecule is C#Cc1ccc(C(OC)(OC)OC)cc1. The van der Waals surface area contributed by atoms with Crippen LogP contribution in [0.1, 0.15) is 11.1 Å². The molecule has 80 valence electrons. The van der Waals surface area contributed by atoms with E-state index in [1.165, 1.54) is 21.3 Å². The molecule has 0 aliphatic carbocycles. The molecule has 1 aromatic rings. The lowest BCUT2D eigenvalue weighted by Gasteiger charge is -2.28. The van der Waals surface area contributed by atoms with Gasteiger partial charge in [-0.25, -0.2) is 0 Å². The standard InChI is InChI=1S/C12H14O3/c1-5-10-6-8-11(9-7-10)12(13-2,14-3)15-4/h1,6-9H,2-4H3. The lowest BCUT2D eigenvalue weighted by atomic mass is 10.1. The molecule has 0 saturated carbocycles. The second-order valence-corrected chi connectivity index (χ2v) is 2.89. The lowest BCUT2D eigenvalue weighted by Crippen LogP contribution is -2.32. The Morgan fingerprint density at radius 3 is 1.80 bits per heavy atom. The number of terminal acetylenes is 1. The maximum atomic E-state index is 5.26. The van der Waals surface area contributed by atoms with Crippen molar-refractivity contribution in [1.82, 2.24) is 0 Å². The summed E-state index contributed by atoms with van der Waals surface area (Å²) >= 11 is 0. The molecular formula is C12H14O3. The number of hydrogen-bond acceptors (Lipinski definition) is 3. The monoisotopic (exact) mass is 206 g/mol. The second kappa shape index (κ2) is 4.94. The Morgan fingerprint density at radius 1 is 1.00 bits per heavy atom. The Balaban J connectivity index is 3.08. The van der Waals surface area contributed by atoms with Crippen molar-refractivity contribution >= 4 is 0 Å². The fraction of sp³-hybridized carbons (Fsp3) is 0.333. The highest BCUT2D eigenvalue weighted by Gasteiger charge is 2.31. The molecule has 0 aromatic heterocycles. The van der Waals surface area contributed by atoms with Crippen molar-refractivity contribution in [1.29, 1.82) is 0 Å². The predicted molar refractivity (Wildman–Crippen MR) is 57.1 cm³/mol. The van der Waals surface area contributed by atoms with Gasteiger partial charge in [-0.1, -0.05) is 5.92 Å². The third kappa shape index (κ3) is 2.18. The molecule has 1 rings (SSSR count). The normalized spacial score (nSPS) is 11.1. The van der Waals surface area contributed by atoms with Crippen LogP contribution in [0.5, 0.6) is 0 Å². The maximum Gasteiger partial charge on any atom is 0.311 e. The smallest absolute Gasteiger partial charge is 0.311 e. The van der Waals surface area contributed by atoms with Gasteiger partial charge in [0.25, 0.3) is 0 Å². The fourth-order valence-corrected chi connectivity index (χ4v) is 1.37. The minimum absolute atomic E-state index is 0.758. The Hall–Kier alpha value is -1.34. The van der Waals surface area contributed by atoms with E-state index in [2.05, 4.69) is 5.92 Å². The summed E-state index contributed by atoms with van der Waals surface area (Å²) in [6, 6.07) is 7.24. The average molecular weight is 206 g/mol. The zero-order valence-corrected chi connectivity index (χ0v) is 9.11. The molecule has 0 spiro atoms. The zero-order valence-electron chi connectivity index (χ0n) is 9.11. The van der Waals surface area contributed by atoms with Crippen LogP contribution in [0.2, 0.25) is 0 Å². The van der Waals surface area contributed by atoms with E-state index < -0.39 is 5.97 Å². The highest BCUT2D eigenvalue weighted by molar-refractivity contribution is 5.35. The molecule has 0 N–H and O–H groups in total. The molecule has 0 aliphatic rings. The summed E-state index contributed by atoms with van der Waals surface area (Å²) in [6.07, 6.45) is 5.26. The van der Waals surface area contributed by atoms with Crippen molar-refractivity contribution in [2.24, 2.45) is 0 Å². The first-order valence-corrected chi connectivity index (χ1v) is 4.45. The van der Waals surface area contributed by atoms with Crippen LogP contribution in [0.25, 0.3) is 0 Å². The predicted octanol–water partition coefficient (Wildman–Crippen LogP) is 1.72. The number of rotatable bonds is 4. The number of hydrogen-bond donors (Lipinski definition) is 0. The van der Waals surface area contributed by atoms with Gasteiger partial charge in [-0.15, -0.1) is 6.42 Å². The molecular weight excluding hydrogens is 192 g/mol. The molecule has 3 nitrogen and oxygen atoms in total. The first-order chi connectivity index (χ1) is 7.22. The van der Waals surface area contributed by atoms with E-state index >= 15 is 0 Å². The van der Waals surface area contributed by atoms with Gasteiger partial charge in [-0.3, -0.25) is 0 Å². The van der Waals surface area contributed by atoms with Gasteiger partial charge in [0.1, 0.15) is 0 Å². The largest absolute Gasteiger partial charge is 0.327 e. The molecule has 0 amide bonds. The van der Waals surface area contributed by atoms with Gasteiger partial charge in [0.05, 0.1) is 0 Å². The van der Waals surface area contributed by atoms with E-state index in [0.29, 0.717) is 0 Å². The first-order valence-electron chi connectivity index (χ1n) is 4.45. The molecule has 3 heteroatoms. The molecule has 0 heterocycles. The molecule has 0 atom stereocenters. The molecule has 0 aliphatic heterocycles. The molecule has 0 radical (unpaired) electrons. The summed E-state index contributed by atoms with van der Waals surface area (Å²) in [5, 5.41) is 0. The third-order valence-electron chi connectivity index (χ3n) is 2.21. The Bertz CT molecular complexity index is 336. The van der Waals surface area contributed by atoms with Crippen molar-refractivity contribution in [3.63, 3.8) is 0 Å². The number of methoxy groups -OCH3 is 3. The molecule has 0 bridgehead atoms. The van der Waals surface area contributed by atoms with Crippen LogP contribution in [0.4, 0.5) is 0 Å². The minimum atomic E-state index is -1.16. The van der Waals surface area contributed by atoms with E-state index in [1.54, 1.807) is 12.1 Å². The van der Waals surface area contributed by atoms with Crippen LogP contribution >= 0.6 is 0 Å². The van der Waals surface area contributed by atoms with E-state index in [0.717, 1.165) is 11.1 Å². The summed E-state index contributed by atoms with van der Waals surface area (Å²) in [7, 11) is 4.55. The van der Waals surface area contributed by atoms with Crippen LogP contribution < -0.4 is 0 Å². The molecule has 1 aromatic carbocycles. The Kier molecular flexibility index (Phi) is 3.87. The Morgan fingerprint density at radius 2 is 1.47 bits per heavy atom. The van der Waals surface area contributed by atoms with Gasteiger partial charge in [0.15, 0.2) is 0 Å². The molecule has 0 fully saturated rings. The molecule has 15 heavy (non-hydrogen) atoms. The van der Waals surface area contributed by atoms with Crippen molar-refractivity contribution in [2.75, 3.05) is 21.3 Å². The maximum absolute atomic E-state index is 5.26. The van der Waals surface area contributed by atoms with Crippen molar-refractivity contribution in [2.45, 2.75) is 5.97 Å². The van der Waals surface area contributed by atoms with Crippen LogP contribution in [-0.4, -0.2) is 21.3 Å². The van der Waals surface area contributed by atoms with Crippen LogP contribution in [0.15, 0.2) is 24.3 Å². The number of ether oxygens (including phenoxy) is 3. The fourth-order valence-electron chi connectivity index (χ4n) is 1.37. The summed E-state index contributed by atoms with van der Waals surface area (Å²) in [5.74, 6) is 1.38. The average Bonchev–Trinajstić information content (AvgIpc) is 2.33. The summed E-state index contributed by atoms with van der Waals surface area (Å²) in [6.45, 7) is 0. The van der Waals surface area contributed by atoms with Crippen molar-refractivity contribution in [3.8, 4) is 12.3 Å². The van der Waals surface area contributed by atoms with Gasteiger partial charge < -0.3 is 14.2 Å². The van der Waals surface area contributed by atoms with Crippen LogP contribution in [-0.2, 0) is 20.2 Å². The van der Waals surface area contributed by atoms with E-state index in [1.807, 2.05) is 12.1 Å². The summed E-state index contributed by atoms with van der Waals surface area (Å²) in [4.78, 5) is 0. The Labute approximate surface area is 90.0 Å². The van der Waals surface area contributed by atoms with Crippen molar-refractivity contribution in [3.05, 3.63) is 35.4 Å². The van der Waals surface area contributed by atoms with Gasteiger partial charge >= 0.3 is 5.97 Å². The zero-order chi connectivity index (χ0) is 11.3. The van der Waals surface area contributed by atoms with Crippen LogP contribution in [0, 0.1) is 12.3 Å². The summed E-state index contributed by atoms with van der Waals surface area (Å²) in [5.41, 5.74) is 1.56. The highest BCUT2D eigenvalue weighted by atomic mass is 16.9. The van der Waals surface area contributed by atoms with Gasteiger partial charge in [0.2, 0.25) is 0 Å². The van der Waals surface area contributed by atoms with E-state index in [4.69, 9.17) is 20.6 Å². The van der Waals surface area contributed by atoms with Gasteiger partial charge in [-0.2, -0.15) is 0 Å². The lowest BCUT2D eigenvalue weighted by molar-refractivity contribution is -0.364. The topological polar surface area (TPSA) is 27.7 Å². The summed E-state index contributed by atoms with van der Waals surface area (Å²) < 4.78 is 15.6. The van der Waals surface area contributed by atoms with Crippen molar-refractivity contribution < 1.29 is 14.2 Å². The molecule has 0 unspecified atom stereocenters. The first kappa shape index (κ1) is 11.7. The van der Waals surface area contributed by atoms with Crippen LogP contribution in [0.3, 0.4) is 0 Å². The second-order valence-electron chi connectivity index (χ2n) is 2.89. The minimum Gasteiger partial charge on any atom is -0.327 e. The van der Waals surface area contributed by atoms with Gasteiger partial charge in [0, 0.05) is 32.5 Å². The molecule has 0 saturated heterocycles. The van der Waals surface area contributed by atoms with E-state index in [9.17, 15) is 0 Å². The third-order valence-corrected chi connectivity index (χ3v) is 2.21. The quantitative estimate of drug-likeness (QED) is 0.554.